The molecule has 0 bridgehead atoms. The number of nitrogens with zero attached hydrogens (tertiary/aromatic N) is 1. The lowest BCUT2D eigenvalue weighted by molar-refractivity contribution is -0.123. The topological polar surface area (TPSA) is 52.6 Å². The molecule has 4 nitrogen and oxygen atoms in total. The predicted molar refractivity (Wildman–Crippen MR) is 57.1 cm³/mol. The summed E-state index contributed by atoms with van der Waals surface area (Å²) in [5.74, 6) is 0.0159. The molecule has 0 unspecified atom stereocenters. The fourth-order valence-electron chi connectivity index (χ4n) is 1.20. The van der Waals surface area contributed by atoms with Crippen LogP contribution in [0.5, 0.6) is 0 Å². The minimum Gasteiger partial charge on any atom is -0.395 e. The van der Waals surface area contributed by atoms with Crippen LogP contribution in [0.25, 0.3) is 0 Å². The van der Waals surface area contributed by atoms with Crippen LogP contribution in [0.1, 0.15) is 27.7 Å². The number of amides is 1. The Labute approximate surface area is 86.3 Å². The third-order valence-corrected chi connectivity index (χ3v) is 1.91. The second kappa shape index (κ2) is 6.79. The Hall–Kier alpha value is -0.610. The van der Waals surface area contributed by atoms with Crippen LogP contribution >= 0.6 is 0 Å². The molecule has 0 saturated heterocycles. The Kier molecular flexibility index (Phi) is 6.49. The van der Waals surface area contributed by atoms with Crippen molar-refractivity contribution in [1.82, 2.24) is 10.2 Å². The second-order valence-corrected chi connectivity index (χ2v) is 4.01. The first kappa shape index (κ1) is 13.4. The van der Waals surface area contributed by atoms with Gasteiger partial charge in [0.25, 0.3) is 0 Å². The maximum absolute atomic E-state index is 11.4. The third kappa shape index (κ3) is 5.94. The maximum atomic E-state index is 11.4. The first-order valence-corrected chi connectivity index (χ1v) is 5.11. The molecule has 0 aromatic rings. The van der Waals surface area contributed by atoms with Crippen LogP contribution in [0.15, 0.2) is 0 Å². The van der Waals surface area contributed by atoms with Crippen molar-refractivity contribution < 1.29 is 9.90 Å². The van der Waals surface area contributed by atoms with E-state index < -0.39 is 0 Å². The van der Waals surface area contributed by atoms with Crippen molar-refractivity contribution in [2.75, 3.05) is 19.7 Å². The van der Waals surface area contributed by atoms with Crippen molar-refractivity contribution in [2.24, 2.45) is 0 Å². The Bertz CT molecular complexity index is 170. The van der Waals surface area contributed by atoms with Crippen molar-refractivity contribution in [2.45, 2.75) is 39.8 Å². The van der Waals surface area contributed by atoms with Crippen LogP contribution in [-0.2, 0) is 4.79 Å². The lowest BCUT2D eigenvalue weighted by Gasteiger charge is -2.25. The number of rotatable bonds is 6. The summed E-state index contributed by atoms with van der Waals surface area (Å²) in [5, 5.41) is 11.6. The summed E-state index contributed by atoms with van der Waals surface area (Å²) in [7, 11) is 0. The Morgan fingerprint density at radius 3 is 2.29 bits per heavy atom. The van der Waals surface area contributed by atoms with Gasteiger partial charge in [-0.25, -0.2) is 0 Å². The molecule has 0 aliphatic carbocycles. The molecule has 4 heteroatoms. The number of carbonyl (C=O) groups excluding carboxylic acids is 1. The van der Waals surface area contributed by atoms with Gasteiger partial charge >= 0.3 is 0 Å². The molecule has 0 atom stereocenters. The van der Waals surface area contributed by atoms with E-state index in [2.05, 4.69) is 5.32 Å². The van der Waals surface area contributed by atoms with Gasteiger partial charge in [-0.1, -0.05) is 0 Å². The SMILES string of the molecule is CC(C)NC(=O)CN(CCO)C(C)C. The van der Waals surface area contributed by atoms with Crippen LogP contribution in [0.3, 0.4) is 0 Å². The molecule has 0 aliphatic rings. The number of hydrogen-bond donors (Lipinski definition) is 2. The lowest BCUT2D eigenvalue weighted by atomic mass is 10.3. The lowest BCUT2D eigenvalue weighted by Crippen LogP contribution is -2.43. The van der Waals surface area contributed by atoms with E-state index in [9.17, 15) is 4.79 Å². The smallest absolute Gasteiger partial charge is 0.234 e. The molecule has 0 aromatic carbocycles. The van der Waals surface area contributed by atoms with Crippen LogP contribution in [0.4, 0.5) is 0 Å². The molecule has 14 heavy (non-hydrogen) atoms. The Balaban J connectivity index is 3.96. The minimum atomic E-state index is 0.0159. The molecule has 0 radical (unpaired) electrons. The van der Waals surface area contributed by atoms with Gasteiger partial charge in [0.05, 0.1) is 13.2 Å². The van der Waals surface area contributed by atoms with Crippen LogP contribution in [0, 0.1) is 0 Å². The zero-order valence-corrected chi connectivity index (χ0v) is 9.58. The normalized spacial score (nSPS) is 11.4. The third-order valence-electron chi connectivity index (χ3n) is 1.91. The van der Waals surface area contributed by atoms with Crippen molar-refractivity contribution in [3.8, 4) is 0 Å². The summed E-state index contributed by atoms with van der Waals surface area (Å²) in [6.07, 6.45) is 0. The second-order valence-electron chi connectivity index (χ2n) is 4.01. The highest BCUT2D eigenvalue weighted by Crippen LogP contribution is 1.96. The van der Waals surface area contributed by atoms with Crippen molar-refractivity contribution >= 4 is 5.91 Å². The van der Waals surface area contributed by atoms with E-state index >= 15 is 0 Å². The summed E-state index contributed by atoms with van der Waals surface area (Å²) in [6.45, 7) is 8.89. The van der Waals surface area contributed by atoms with Crippen LogP contribution < -0.4 is 5.32 Å². The fraction of sp³-hybridized carbons (Fsp3) is 0.900. The first-order chi connectivity index (χ1) is 6.47. The molecule has 0 saturated carbocycles. The van der Waals surface area contributed by atoms with E-state index in [0.29, 0.717) is 13.1 Å². The molecule has 0 aromatic heterocycles. The van der Waals surface area contributed by atoms with E-state index in [-0.39, 0.29) is 24.6 Å². The fourth-order valence-corrected chi connectivity index (χ4v) is 1.20. The van der Waals surface area contributed by atoms with E-state index in [1.54, 1.807) is 0 Å². The number of nitrogens with one attached hydrogen (secondary N) is 1. The van der Waals surface area contributed by atoms with Gasteiger partial charge in [0.15, 0.2) is 0 Å². The van der Waals surface area contributed by atoms with Crippen molar-refractivity contribution in [3.63, 3.8) is 0 Å². The standard InChI is InChI=1S/C10H22N2O2/c1-8(2)11-10(14)7-12(5-6-13)9(3)4/h8-9,13H,5-7H2,1-4H3,(H,11,14). The molecule has 0 rings (SSSR count). The molecular formula is C10H22N2O2. The van der Waals surface area contributed by atoms with Crippen molar-refractivity contribution in [1.29, 1.82) is 0 Å². The summed E-state index contributed by atoms with van der Waals surface area (Å²) in [4.78, 5) is 13.4. The van der Waals surface area contributed by atoms with Gasteiger partial charge in [0, 0.05) is 18.6 Å². The van der Waals surface area contributed by atoms with Gasteiger partial charge in [-0.05, 0) is 27.7 Å². The molecule has 0 heterocycles. The molecule has 2 N–H and O–H groups in total. The maximum Gasteiger partial charge on any atom is 0.234 e. The molecule has 0 aliphatic heterocycles. The number of aliphatic hydroxyl groups is 1. The zero-order chi connectivity index (χ0) is 11.1. The Morgan fingerprint density at radius 2 is 1.93 bits per heavy atom. The quantitative estimate of drug-likeness (QED) is 0.647. The summed E-state index contributed by atoms with van der Waals surface area (Å²) < 4.78 is 0. The minimum absolute atomic E-state index is 0.0159. The zero-order valence-electron chi connectivity index (χ0n) is 9.58. The number of aliphatic hydroxyl groups excluding tert-OH is 1. The molecule has 0 fully saturated rings. The highest BCUT2D eigenvalue weighted by Gasteiger charge is 2.13. The van der Waals surface area contributed by atoms with Gasteiger partial charge < -0.3 is 10.4 Å². The summed E-state index contributed by atoms with van der Waals surface area (Å²) in [6, 6.07) is 0.450. The first-order valence-electron chi connectivity index (χ1n) is 5.11. The van der Waals surface area contributed by atoms with E-state index in [0.717, 1.165) is 0 Å². The van der Waals surface area contributed by atoms with Crippen LogP contribution in [-0.4, -0.2) is 47.7 Å². The average molecular weight is 202 g/mol. The van der Waals surface area contributed by atoms with Crippen molar-refractivity contribution in [3.05, 3.63) is 0 Å². The van der Waals surface area contributed by atoms with Gasteiger partial charge in [-0.3, -0.25) is 9.69 Å². The average Bonchev–Trinajstić information content (AvgIpc) is 2.01. The summed E-state index contributed by atoms with van der Waals surface area (Å²) >= 11 is 0. The number of carbonyl (C=O) groups is 1. The number of hydrogen-bond acceptors (Lipinski definition) is 3. The van der Waals surface area contributed by atoms with Crippen LogP contribution in [0.2, 0.25) is 0 Å². The molecule has 84 valence electrons. The van der Waals surface area contributed by atoms with E-state index in [1.807, 2.05) is 32.6 Å². The van der Waals surface area contributed by atoms with Gasteiger partial charge in [0.2, 0.25) is 5.91 Å². The Morgan fingerprint density at radius 1 is 1.36 bits per heavy atom. The van der Waals surface area contributed by atoms with Gasteiger partial charge in [0.1, 0.15) is 0 Å². The molecular weight excluding hydrogens is 180 g/mol. The van der Waals surface area contributed by atoms with E-state index in [4.69, 9.17) is 5.11 Å². The molecule has 0 spiro atoms. The van der Waals surface area contributed by atoms with Gasteiger partial charge in [-0.2, -0.15) is 0 Å². The van der Waals surface area contributed by atoms with Gasteiger partial charge in [-0.15, -0.1) is 0 Å². The van der Waals surface area contributed by atoms with E-state index in [1.165, 1.54) is 0 Å². The highest BCUT2D eigenvalue weighted by atomic mass is 16.3. The summed E-state index contributed by atoms with van der Waals surface area (Å²) in [5.41, 5.74) is 0. The monoisotopic (exact) mass is 202 g/mol. The largest absolute Gasteiger partial charge is 0.395 e. The highest BCUT2D eigenvalue weighted by molar-refractivity contribution is 5.78. The molecule has 1 amide bonds. The predicted octanol–water partition coefficient (Wildman–Crippen LogP) is 0.214.